The average molecular weight is 174 g/mol. The predicted octanol–water partition coefficient (Wildman–Crippen LogP) is 3.09. The topological polar surface area (TPSA) is 0 Å². The van der Waals surface area contributed by atoms with E-state index in [1.807, 2.05) is 6.92 Å². The lowest BCUT2D eigenvalue weighted by atomic mass is 9.76. The summed E-state index contributed by atoms with van der Waals surface area (Å²) in [6.45, 7) is 6.47. The molecule has 13 heavy (non-hydrogen) atoms. The van der Waals surface area contributed by atoms with Crippen LogP contribution in [-0.2, 0) is 0 Å². The van der Waals surface area contributed by atoms with Crippen molar-refractivity contribution in [1.29, 1.82) is 0 Å². The van der Waals surface area contributed by atoms with E-state index in [1.165, 1.54) is 19.3 Å². The van der Waals surface area contributed by atoms with Gasteiger partial charge in [-0.25, -0.2) is 0 Å². The molecule has 0 bridgehead atoms. The standard InChI is InChI=1S/C13H18/c1-4-5-6-7-13-10-11(2)8-9-12(13)3/h11-13H,8-10H2,1-3H3/t11-,12-,13?/m1/s1. The van der Waals surface area contributed by atoms with Crippen LogP contribution >= 0.6 is 0 Å². The van der Waals surface area contributed by atoms with Gasteiger partial charge >= 0.3 is 0 Å². The van der Waals surface area contributed by atoms with Crippen LogP contribution in [0.15, 0.2) is 0 Å². The molecule has 1 rings (SSSR count). The molecular weight excluding hydrogens is 156 g/mol. The Bertz CT molecular complexity index is 266. The second-order valence-electron chi connectivity index (χ2n) is 4.15. The van der Waals surface area contributed by atoms with Gasteiger partial charge in [0.2, 0.25) is 0 Å². The number of rotatable bonds is 0. The molecule has 1 aliphatic carbocycles. The Morgan fingerprint density at radius 3 is 2.54 bits per heavy atom. The molecule has 70 valence electrons. The van der Waals surface area contributed by atoms with Crippen molar-refractivity contribution >= 4 is 0 Å². The molecule has 0 spiro atoms. The zero-order valence-electron chi connectivity index (χ0n) is 8.85. The van der Waals surface area contributed by atoms with E-state index < -0.39 is 0 Å². The van der Waals surface area contributed by atoms with E-state index in [4.69, 9.17) is 0 Å². The Hall–Kier alpha value is -0.880. The van der Waals surface area contributed by atoms with Crippen LogP contribution in [0.4, 0.5) is 0 Å². The largest absolute Gasteiger partial charge is 0.0925 e. The van der Waals surface area contributed by atoms with Crippen molar-refractivity contribution in [2.45, 2.75) is 40.0 Å². The fourth-order valence-corrected chi connectivity index (χ4v) is 1.92. The van der Waals surface area contributed by atoms with E-state index in [1.54, 1.807) is 0 Å². The SMILES string of the molecule is CC#CC#CC1C[C@H](C)CC[C@H]1C. The van der Waals surface area contributed by atoms with Crippen molar-refractivity contribution < 1.29 is 0 Å². The maximum atomic E-state index is 3.28. The fraction of sp³-hybridized carbons (Fsp3) is 0.692. The van der Waals surface area contributed by atoms with Crippen molar-refractivity contribution in [3.8, 4) is 23.7 Å². The molecule has 0 nitrogen and oxygen atoms in total. The second-order valence-corrected chi connectivity index (χ2v) is 4.15. The van der Waals surface area contributed by atoms with E-state index in [0.29, 0.717) is 5.92 Å². The van der Waals surface area contributed by atoms with Crippen LogP contribution in [-0.4, -0.2) is 0 Å². The van der Waals surface area contributed by atoms with E-state index >= 15 is 0 Å². The highest BCUT2D eigenvalue weighted by Crippen LogP contribution is 2.32. The summed E-state index contributed by atoms with van der Waals surface area (Å²) < 4.78 is 0. The minimum atomic E-state index is 0.588. The molecule has 1 aliphatic rings. The maximum absolute atomic E-state index is 3.28. The third-order valence-electron chi connectivity index (χ3n) is 2.90. The first-order valence-corrected chi connectivity index (χ1v) is 5.16. The maximum Gasteiger partial charge on any atom is 0.0241 e. The van der Waals surface area contributed by atoms with Crippen LogP contribution < -0.4 is 0 Å². The Morgan fingerprint density at radius 2 is 1.85 bits per heavy atom. The predicted molar refractivity (Wildman–Crippen MR) is 56.9 cm³/mol. The molecule has 0 aromatic rings. The van der Waals surface area contributed by atoms with Crippen molar-refractivity contribution in [3.63, 3.8) is 0 Å². The Balaban J connectivity index is 2.55. The smallest absolute Gasteiger partial charge is 0.0241 e. The van der Waals surface area contributed by atoms with Crippen molar-refractivity contribution in [3.05, 3.63) is 0 Å². The van der Waals surface area contributed by atoms with E-state index in [-0.39, 0.29) is 0 Å². The van der Waals surface area contributed by atoms with Gasteiger partial charge in [0.05, 0.1) is 0 Å². The highest BCUT2D eigenvalue weighted by Gasteiger charge is 2.23. The van der Waals surface area contributed by atoms with E-state index in [9.17, 15) is 0 Å². The average Bonchev–Trinajstić information content (AvgIpc) is 2.11. The minimum absolute atomic E-state index is 0.588. The summed E-state index contributed by atoms with van der Waals surface area (Å²) in [6.07, 6.45) is 3.97. The van der Waals surface area contributed by atoms with Gasteiger partial charge < -0.3 is 0 Å². The van der Waals surface area contributed by atoms with Gasteiger partial charge in [-0.15, -0.1) is 0 Å². The highest BCUT2D eigenvalue weighted by atomic mass is 14.3. The molecule has 0 heteroatoms. The first-order chi connectivity index (χ1) is 6.24. The molecule has 0 radical (unpaired) electrons. The molecule has 0 saturated heterocycles. The lowest BCUT2D eigenvalue weighted by molar-refractivity contribution is 0.252. The second kappa shape index (κ2) is 4.98. The zero-order valence-corrected chi connectivity index (χ0v) is 8.85. The Morgan fingerprint density at radius 1 is 1.08 bits per heavy atom. The summed E-state index contributed by atoms with van der Waals surface area (Å²) in [6, 6.07) is 0. The van der Waals surface area contributed by atoms with Gasteiger partial charge in [-0.2, -0.15) is 0 Å². The molecular formula is C13H18. The summed E-state index contributed by atoms with van der Waals surface area (Å²) in [5, 5.41) is 0. The zero-order chi connectivity index (χ0) is 9.68. The number of hydrogen-bond donors (Lipinski definition) is 0. The van der Waals surface area contributed by atoms with Crippen LogP contribution in [0.3, 0.4) is 0 Å². The van der Waals surface area contributed by atoms with Gasteiger partial charge in [-0.3, -0.25) is 0 Å². The molecule has 0 N–H and O–H groups in total. The van der Waals surface area contributed by atoms with Gasteiger partial charge in [-0.1, -0.05) is 32.1 Å². The molecule has 0 aliphatic heterocycles. The molecule has 1 saturated carbocycles. The van der Waals surface area contributed by atoms with Gasteiger partial charge in [0.25, 0.3) is 0 Å². The lowest BCUT2D eigenvalue weighted by Gasteiger charge is -2.28. The summed E-state index contributed by atoms with van der Waals surface area (Å²) in [4.78, 5) is 0. The monoisotopic (exact) mass is 174 g/mol. The minimum Gasteiger partial charge on any atom is -0.0925 e. The van der Waals surface area contributed by atoms with Gasteiger partial charge in [0.1, 0.15) is 0 Å². The third kappa shape index (κ3) is 3.16. The normalized spacial score (nSPS) is 32.4. The van der Waals surface area contributed by atoms with Gasteiger partial charge in [0, 0.05) is 5.92 Å². The van der Waals surface area contributed by atoms with Gasteiger partial charge in [0.15, 0.2) is 0 Å². The molecule has 0 aromatic carbocycles. The number of hydrogen-bond acceptors (Lipinski definition) is 0. The Kier molecular flexibility index (Phi) is 3.91. The van der Waals surface area contributed by atoms with Crippen LogP contribution in [0, 0.1) is 41.4 Å². The van der Waals surface area contributed by atoms with Crippen molar-refractivity contribution in [2.24, 2.45) is 17.8 Å². The summed E-state index contributed by atoms with van der Waals surface area (Å²) in [5.74, 6) is 14.1. The fourth-order valence-electron chi connectivity index (χ4n) is 1.92. The van der Waals surface area contributed by atoms with Gasteiger partial charge in [-0.05, 0) is 43.4 Å². The molecule has 0 aromatic heterocycles. The quantitative estimate of drug-likeness (QED) is 0.495. The van der Waals surface area contributed by atoms with Crippen LogP contribution in [0.25, 0.3) is 0 Å². The van der Waals surface area contributed by atoms with Crippen LogP contribution in [0.1, 0.15) is 40.0 Å². The molecule has 1 fully saturated rings. The summed E-state index contributed by atoms with van der Waals surface area (Å²) >= 11 is 0. The molecule has 3 atom stereocenters. The summed E-state index contributed by atoms with van der Waals surface area (Å²) in [5.41, 5.74) is 0. The first kappa shape index (κ1) is 10.2. The van der Waals surface area contributed by atoms with Crippen LogP contribution in [0.2, 0.25) is 0 Å². The van der Waals surface area contributed by atoms with Crippen molar-refractivity contribution in [1.82, 2.24) is 0 Å². The first-order valence-electron chi connectivity index (χ1n) is 5.16. The van der Waals surface area contributed by atoms with E-state index in [0.717, 1.165) is 11.8 Å². The third-order valence-corrected chi connectivity index (χ3v) is 2.90. The van der Waals surface area contributed by atoms with Crippen molar-refractivity contribution in [2.75, 3.05) is 0 Å². The molecule has 0 heterocycles. The van der Waals surface area contributed by atoms with E-state index in [2.05, 4.69) is 37.5 Å². The highest BCUT2D eigenvalue weighted by molar-refractivity contribution is 5.26. The lowest BCUT2D eigenvalue weighted by Crippen LogP contribution is -2.20. The Labute approximate surface area is 82.1 Å². The molecule has 1 unspecified atom stereocenters. The summed E-state index contributed by atoms with van der Waals surface area (Å²) in [7, 11) is 0. The molecule has 0 amide bonds. The van der Waals surface area contributed by atoms with Crippen LogP contribution in [0.5, 0.6) is 0 Å².